The van der Waals surface area contributed by atoms with E-state index in [1.165, 1.54) is 24.1 Å². The predicted molar refractivity (Wildman–Crippen MR) is 54.0 cm³/mol. The standard InChI is InChI=1S/C8H14N4O.ClH/c9-8-6-12(11-13-8)10-7-4-2-1-3-5-7;/h6-7H,1-5,9H2;1H. The SMILES string of the molecule is Cl.Nc1c[n+]([N-]C2CCCCC2)no1. The summed E-state index contributed by atoms with van der Waals surface area (Å²) >= 11 is 0. The fraction of sp³-hybridized carbons (Fsp3) is 0.750. The lowest BCUT2D eigenvalue weighted by atomic mass is 9.96. The van der Waals surface area contributed by atoms with Crippen molar-refractivity contribution < 1.29 is 9.31 Å². The molecule has 0 aromatic carbocycles. The molecule has 5 nitrogen and oxygen atoms in total. The van der Waals surface area contributed by atoms with Crippen LogP contribution in [0.3, 0.4) is 0 Å². The molecule has 2 N–H and O–H groups in total. The van der Waals surface area contributed by atoms with Crippen molar-refractivity contribution in [2.75, 3.05) is 5.73 Å². The van der Waals surface area contributed by atoms with Gasteiger partial charge < -0.3 is 10.3 Å². The highest BCUT2D eigenvalue weighted by Crippen LogP contribution is 2.21. The second-order valence-corrected chi connectivity index (χ2v) is 3.43. The minimum absolute atomic E-state index is 0. The fourth-order valence-electron chi connectivity index (χ4n) is 1.67. The van der Waals surface area contributed by atoms with E-state index in [0.717, 1.165) is 12.8 Å². The van der Waals surface area contributed by atoms with E-state index in [1.54, 1.807) is 6.20 Å². The van der Waals surface area contributed by atoms with Crippen LogP contribution in [0.1, 0.15) is 32.1 Å². The largest absolute Gasteiger partial charge is 0.382 e. The molecule has 14 heavy (non-hydrogen) atoms. The topological polar surface area (TPSA) is 70.0 Å². The molecule has 2 rings (SSSR count). The Balaban J connectivity index is 0.000000980. The lowest BCUT2D eigenvalue weighted by Gasteiger charge is -2.21. The molecule has 0 radical (unpaired) electrons. The third-order valence-electron chi connectivity index (χ3n) is 2.33. The first-order valence-electron chi connectivity index (χ1n) is 4.70. The molecule has 1 aromatic heterocycles. The zero-order chi connectivity index (χ0) is 9.10. The van der Waals surface area contributed by atoms with Gasteiger partial charge in [-0.25, -0.2) is 5.43 Å². The normalized spacial score (nSPS) is 17.4. The van der Waals surface area contributed by atoms with Crippen LogP contribution in [0.25, 0.3) is 5.43 Å². The number of nitrogen functional groups attached to an aromatic ring is 1. The van der Waals surface area contributed by atoms with Crippen molar-refractivity contribution in [2.45, 2.75) is 38.1 Å². The second-order valence-electron chi connectivity index (χ2n) is 3.43. The maximum absolute atomic E-state index is 5.37. The summed E-state index contributed by atoms with van der Waals surface area (Å²) in [5.74, 6) is 0.305. The molecule has 0 aliphatic heterocycles. The molecule has 0 spiro atoms. The summed E-state index contributed by atoms with van der Waals surface area (Å²) in [5, 5.41) is 3.66. The van der Waals surface area contributed by atoms with Gasteiger partial charge in [-0.2, -0.15) is 0 Å². The highest BCUT2D eigenvalue weighted by Gasteiger charge is 2.13. The van der Waals surface area contributed by atoms with Gasteiger partial charge in [-0.15, -0.1) is 12.4 Å². The Bertz CT molecular complexity index is 272. The summed E-state index contributed by atoms with van der Waals surface area (Å²) in [4.78, 5) is 1.44. The summed E-state index contributed by atoms with van der Waals surface area (Å²) < 4.78 is 4.70. The van der Waals surface area contributed by atoms with Crippen LogP contribution in [0.4, 0.5) is 5.88 Å². The average Bonchev–Trinajstić information content (AvgIpc) is 2.53. The molecule has 1 aromatic rings. The maximum Gasteiger partial charge on any atom is 0.265 e. The first-order chi connectivity index (χ1) is 6.34. The highest BCUT2D eigenvalue weighted by atomic mass is 35.5. The van der Waals surface area contributed by atoms with Gasteiger partial charge in [0.05, 0.1) is 0 Å². The molecule has 0 saturated heterocycles. The molecule has 1 aliphatic rings. The molecule has 0 unspecified atom stereocenters. The Hall–Kier alpha value is -0.970. The van der Waals surface area contributed by atoms with E-state index in [-0.39, 0.29) is 12.4 Å². The molecule has 80 valence electrons. The van der Waals surface area contributed by atoms with Gasteiger partial charge in [0.25, 0.3) is 12.1 Å². The van der Waals surface area contributed by atoms with Crippen molar-refractivity contribution in [3.8, 4) is 0 Å². The first kappa shape index (κ1) is 11.1. The summed E-state index contributed by atoms with van der Waals surface area (Å²) in [5.41, 5.74) is 9.74. The molecule has 0 atom stereocenters. The zero-order valence-corrected chi connectivity index (χ0v) is 8.74. The van der Waals surface area contributed by atoms with Crippen molar-refractivity contribution in [1.82, 2.24) is 5.27 Å². The Morgan fingerprint density at radius 3 is 2.71 bits per heavy atom. The lowest BCUT2D eigenvalue weighted by Crippen LogP contribution is -2.35. The molecule has 0 bridgehead atoms. The van der Waals surface area contributed by atoms with Gasteiger partial charge in [0.2, 0.25) is 0 Å². The summed E-state index contributed by atoms with van der Waals surface area (Å²) in [6.45, 7) is 0. The van der Waals surface area contributed by atoms with Crippen molar-refractivity contribution in [3.63, 3.8) is 0 Å². The zero-order valence-electron chi connectivity index (χ0n) is 7.93. The minimum atomic E-state index is 0. The number of halogens is 1. The van der Waals surface area contributed by atoms with Gasteiger partial charge in [0.15, 0.2) is 0 Å². The molecule has 1 saturated carbocycles. The Labute approximate surface area is 89.0 Å². The smallest absolute Gasteiger partial charge is 0.265 e. The number of nitrogens with zero attached hydrogens (tertiary/aromatic N) is 3. The van der Waals surface area contributed by atoms with Gasteiger partial charge in [0.1, 0.15) is 0 Å². The molecular weight excluding hydrogens is 204 g/mol. The van der Waals surface area contributed by atoms with Gasteiger partial charge in [0, 0.05) is 6.04 Å². The third-order valence-corrected chi connectivity index (χ3v) is 2.33. The first-order valence-corrected chi connectivity index (χ1v) is 4.70. The van der Waals surface area contributed by atoms with Crippen LogP contribution in [0, 0.1) is 0 Å². The molecule has 1 heterocycles. The number of anilines is 1. The van der Waals surface area contributed by atoms with E-state index in [0.29, 0.717) is 11.9 Å². The van der Waals surface area contributed by atoms with E-state index in [2.05, 4.69) is 10.7 Å². The summed E-state index contributed by atoms with van der Waals surface area (Å²) in [6, 6.07) is 0.392. The Morgan fingerprint density at radius 1 is 1.43 bits per heavy atom. The number of aromatic nitrogens is 2. The van der Waals surface area contributed by atoms with E-state index in [1.807, 2.05) is 0 Å². The molecule has 1 aliphatic carbocycles. The van der Waals surface area contributed by atoms with Gasteiger partial charge in [-0.05, 0) is 18.1 Å². The van der Waals surface area contributed by atoms with Crippen molar-refractivity contribution in [2.24, 2.45) is 0 Å². The van der Waals surface area contributed by atoms with Crippen LogP contribution in [-0.2, 0) is 0 Å². The third kappa shape index (κ3) is 2.77. The van der Waals surface area contributed by atoms with E-state index in [4.69, 9.17) is 10.3 Å². The molecule has 0 amide bonds. The quantitative estimate of drug-likeness (QED) is 0.764. The predicted octanol–water partition coefficient (Wildman–Crippen LogP) is 1.44. The molecular formula is C8H15ClN4O. The van der Waals surface area contributed by atoms with Crippen LogP contribution < -0.4 is 10.5 Å². The van der Waals surface area contributed by atoms with Gasteiger partial charge in [-0.1, -0.05) is 24.1 Å². The van der Waals surface area contributed by atoms with Crippen LogP contribution in [0.2, 0.25) is 0 Å². The maximum atomic E-state index is 5.37. The van der Waals surface area contributed by atoms with Crippen LogP contribution in [0.15, 0.2) is 10.7 Å². The van der Waals surface area contributed by atoms with E-state index in [9.17, 15) is 0 Å². The minimum Gasteiger partial charge on any atom is -0.382 e. The highest BCUT2D eigenvalue weighted by molar-refractivity contribution is 5.85. The van der Waals surface area contributed by atoms with Crippen molar-refractivity contribution >= 4 is 18.3 Å². The molecule has 1 fully saturated rings. The summed E-state index contributed by atoms with van der Waals surface area (Å²) in [7, 11) is 0. The fourth-order valence-corrected chi connectivity index (χ4v) is 1.67. The number of hydrogen-bond donors (Lipinski definition) is 1. The number of nitrogens with two attached hydrogens (primary N) is 1. The molecule has 6 heteroatoms. The van der Waals surface area contributed by atoms with Crippen LogP contribution in [-0.4, -0.2) is 11.3 Å². The Morgan fingerprint density at radius 2 is 2.14 bits per heavy atom. The van der Waals surface area contributed by atoms with Gasteiger partial charge in [-0.3, -0.25) is 0 Å². The second kappa shape index (κ2) is 5.05. The van der Waals surface area contributed by atoms with E-state index >= 15 is 0 Å². The summed E-state index contributed by atoms with van der Waals surface area (Å²) in [6.07, 6.45) is 7.76. The lowest BCUT2D eigenvalue weighted by molar-refractivity contribution is -0.699. The monoisotopic (exact) mass is 218 g/mol. The van der Waals surface area contributed by atoms with Gasteiger partial charge >= 0.3 is 0 Å². The van der Waals surface area contributed by atoms with E-state index < -0.39 is 0 Å². The average molecular weight is 219 g/mol. The van der Waals surface area contributed by atoms with Crippen LogP contribution >= 0.6 is 12.4 Å². The van der Waals surface area contributed by atoms with Crippen molar-refractivity contribution in [1.29, 1.82) is 0 Å². The van der Waals surface area contributed by atoms with Crippen LogP contribution in [0.5, 0.6) is 0 Å². The van der Waals surface area contributed by atoms with Crippen molar-refractivity contribution in [3.05, 3.63) is 11.6 Å². The number of hydrogen-bond acceptors (Lipinski definition) is 3. The Kier molecular flexibility index (Phi) is 4.00. The number of rotatable bonds is 2.